The summed E-state index contributed by atoms with van der Waals surface area (Å²) in [6.45, 7) is 3.97. The van der Waals surface area contributed by atoms with Crippen molar-refractivity contribution in [2.24, 2.45) is 0 Å². The highest BCUT2D eigenvalue weighted by molar-refractivity contribution is 8.02. The van der Waals surface area contributed by atoms with Crippen LogP contribution in [0.1, 0.15) is 29.9 Å². The van der Waals surface area contributed by atoms with Gasteiger partial charge in [0, 0.05) is 16.0 Å². The topological polar surface area (TPSA) is 56.3 Å². The standard InChI is InChI=1S/C16H16ClNO3S2/c1-3-21-14(19)8-13-9-22-16(18-13)23-10(2)15(20)11-4-6-12(17)7-5-11/h4-7,9-10H,3,8H2,1-2H3/t10-/m0/s1. The third-order valence-corrected chi connectivity index (χ3v) is 5.31. The van der Waals surface area contributed by atoms with E-state index >= 15 is 0 Å². The van der Waals surface area contributed by atoms with Gasteiger partial charge in [-0.2, -0.15) is 0 Å². The molecule has 1 aromatic carbocycles. The number of thioether (sulfide) groups is 1. The molecule has 1 atom stereocenters. The van der Waals surface area contributed by atoms with Gasteiger partial charge in [-0.3, -0.25) is 9.59 Å². The smallest absolute Gasteiger partial charge is 0.311 e. The fraction of sp³-hybridized carbons (Fsp3) is 0.312. The Labute approximate surface area is 148 Å². The van der Waals surface area contributed by atoms with Crippen LogP contribution in [-0.4, -0.2) is 28.6 Å². The van der Waals surface area contributed by atoms with Crippen molar-refractivity contribution in [2.45, 2.75) is 29.9 Å². The molecule has 0 unspecified atom stereocenters. The van der Waals surface area contributed by atoms with Crippen LogP contribution in [0.3, 0.4) is 0 Å². The first-order valence-corrected chi connectivity index (χ1v) is 9.19. The van der Waals surface area contributed by atoms with E-state index in [1.165, 1.54) is 23.1 Å². The van der Waals surface area contributed by atoms with Gasteiger partial charge in [-0.05, 0) is 38.1 Å². The largest absolute Gasteiger partial charge is 0.466 e. The summed E-state index contributed by atoms with van der Waals surface area (Å²) in [5, 5.41) is 2.15. The fourth-order valence-electron chi connectivity index (χ4n) is 1.84. The number of ether oxygens (including phenoxy) is 1. The molecule has 0 fully saturated rings. The quantitative estimate of drug-likeness (QED) is 0.414. The number of carbonyl (C=O) groups excluding carboxylic acids is 2. The van der Waals surface area contributed by atoms with Gasteiger partial charge >= 0.3 is 5.97 Å². The van der Waals surface area contributed by atoms with Crippen molar-refractivity contribution in [3.05, 3.63) is 45.9 Å². The average Bonchev–Trinajstić information content (AvgIpc) is 2.94. The second-order valence-corrected chi connectivity index (χ2v) is 7.60. The minimum atomic E-state index is -0.292. The van der Waals surface area contributed by atoms with Gasteiger partial charge in [-0.25, -0.2) is 4.98 Å². The van der Waals surface area contributed by atoms with Crippen LogP contribution in [-0.2, 0) is 16.0 Å². The maximum absolute atomic E-state index is 12.4. The molecule has 0 saturated heterocycles. The number of nitrogens with zero attached hydrogens (tertiary/aromatic N) is 1. The van der Waals surface area contributed by atoms with Crippen molar-refractivity contribution in [3.63, 3.8) is 0 Å². The van der Waals surface area contributed by atoms with Crippen LogP contribution in [0.2, 0.25) is 5.02 Å². The van der Waals surface area contributed by atoms with Gasteiger partial charge in [-0.1, -0.05) is 23.4 Å². The molecule has 0 N–H and O–H groups in total. The Hall–Kier alpha value is -1.37. The number of carbonyl (C=O) groups is 2. The predicted octanol–water partition coefficient (Wildman–Crippen LogP) is 4.27. The summed E-state index contributed by atoms with van der Waals surface area (Å²) in [4.78, 5) is 28.2. The minimum Gasteiger partial charge on any atom is -0.466 e. The van der Waals surface area contributed by atoms with Crippen LogP contribution in [0.4, 0.5) is 0 Å². The average molecular weight is 370 g/mol. The minimum absolute atomic E-state index is 0.0220. The number of rotatable bonds is 7. The Morgan fingerprint density at radius 2 is 2.04 bits per heavy atom. The number of thiazole rings is 1. The zero-order valence-electron chi connectivity index (χ0n) is 12.7. The molecule has 0 aliphatic carbocycles. The predicted molar refractivity (Wildman–Crippen MR) is 93.6 cm³/mol. The maximum atomic E-state index is 12.4. The van der Waals surface area contributed by atoms with E-state index in [2.05, 4.69) is 4.98 Å². The van der Waals surface area contributed by atoms with Crippen molar-refractivity contribution in [1.82, 2.24) is 4.98 Å². The summed E-state index contributed by atoms with van der Waals surface area (Å²) >= 11 is 8.64. The van der Waals surface area contributed by atoms with E-state index in [4.69, 9.17) is 16.3 Å². The molecule has 0 spiro atoms. The molecule has 0 bridgehead atoms. The van der Waals surface area contributed by atoms with Gasteiger partial charge in [0.25, 0.3) is 0 Å². The molecule has 122 valence electrons. The molecular formula is C16H16ClNO3S2. The summed E-state index contributed by atoms with van der Waals surface area (Å²) in [5.41, 5.74) is 1.29. The van der Waals surface area contributed by atoms with Gasteiger partial charge in [0.2, 0.25) is 0 Å². The summed E-state index contributed by atoms with van der Waals surface area (Å²) in [6, 6.07) is 6.84. The highest BCUT2D eigenvalue weighted by Gasteiger charge is 2.18. The molecule has 0 aliphatic rings. The second-order valence-electron chi connectivity index (χ2n) is 4.72. The van der Waals surface area contributed by atoms with E-state index < -0.39 is 0 Å². The SMILES string of the molecule is CCOC(=O)Cc1csc(S[C@@H](C)C(=O)c2ccc(Cl)cc2)n1. The first-order chi connectivity index (χ1) is 11.0. The zero-order valence-corrected chi connectivity index (χ0v) is 15.1. The maximum Gasteiger partial charge on any atom is 0.311 e. The molecule has 0 aliphatic heterocycles. The van der Waals surface area contributed by atoms with Crippen LogP contribution < -0.4 is 0 Å². The number of Topliss-reactive ketones (excluding diaryl/α,β-unsaturated/α-hetero) is 1. The van der Waals surface area contributed by atoms with E-state index in [0.717, 1.165) is 4.34 Å². The molecular weight excluding hydrogens is 354 g/mol. The van der Waals surface area contributed by atoms with Crippen molar-refractivity contribution in [3.8, 4) is 0 Å². The third-order valence-electron chi connectivity index (χ3n) is 2.94. The van der Waals surface area contributed by atoms with E-state index in [1.54, 1.807) is 31.2 Å². The lowest BCUT2D eigenvalue weighted by molar-refractivity contribution is -0.142. The normalized spacial score (nSPS) is 12.0. The number of halogens is 1. The second kappa shape index (κ2) is 8.47. The van der Waals surface area contributed by atoms with E-state index in [9.17, 15) is 9.59 Å². The summed E-state index contributed by atoms with van der Waals surface area (Å²) in [6.07, 6.45) is 0.157. The van der Waals surface area contributed by atoms with E-state index in [-0.39, 0.29) is 23.4 Å². The van der Waals surface area contributed by atoms with E-state index in [0.29, 0.717) is 22.9 Å². The number of esters is 1. The van der Waals surface area contributed by atoms with Crippen LogP contribution in [0.25, 0.3) is 0 Å². The molecule has 2 rings (SSSR count). The third kappa shape index (κ3) is 5.34. The molecule has 1 heterocycles. The van der Waals surface area contributed by atoms with Crippen LogP contribution >= 0.6 is 34.7 Å². The van der Waals surface area contributed by atoms with E-state index in [1.807, 2.05) is 12.3 Å². The highest BCUT2D eigenvalue weighted by Crippen LogP contribution is 2.29. The molecule has 0 saturated carbocycles. The van der Waals surface area contributed by atoms with Gasteiger partial charge < -0.3 is 4.74 Å². The molecule has 1 aromatic heterocycles. The lowest BCUT2D eigenvalue weighted by atomic mass is 10.1. The Morgan fingerprint density at radius 3 is 2.70 bits per heavy atom. The summed E-state index contributed by atoms with van der Waals surface area (Å²) in [5.74, 6) is -0.270. The number of ketones is 1. The van der Waals surface area contributed by atoms with Gasteiger partial charge in [0.05, 0.1) is 24.0 Å². The number of hydrogen-bond acceptors (Lipinski definition) is 6. The van der Waals surface area contributed by atoms with Gasteiger partial charge in [0.15, 0.2) is 10.1 Å². The highest BCUT2D eigenvalue weighted by atomic mass is 35.5. The molecule has 0 radical (unpaired) electrons. The first-order valence-electron chi connectivity index (χ1n) is 7.06. The molecule has 23 heavy (non-hydrogen) atoms. The first kappa shape index (κ1) is 18.0. The summed E-state index contributed by atoms with van der Waals surface area (Å²) in [7, 11) is 0. The molecule has 7 heteroatoms. The zero-order chi connectivity index (χ0) is 16.8. The Bertz CT molecular complexity index is 685. The van der Waals surface area contributed by atoms with Crippen LogP contribution in [0.5, 0.6) is 0 Å². The monoisotopic (exact) mass is 369 g/mol. The number of aromatic nitrogens is 1. The van der Waals surface area contributed by atoms with Crippen molar-refractivity contribution >= 4 is 46.5 Å². The van der Waals surface area contributed by atoms with Crippen LogP contribution in [0, 0.1) is 0 Å². The molecule has 2 aromatic rings. The van der Waals surface area contributed by atoms with Gasteiger partial charge in [0.1, 0.15) is 0 Å². The molecule has 0 amide bonds. The van der Waals surface area contributed by atoms with Crippen molar-refractivity contribution in [2.75, 3.05) is 6.61 Å². The lowest BCUT2D eigenvalue weighted by Crippen LogP contribution is -2.13. The van der Waals surface area contributed by atoms with Crippen LogP contribution in [0.15, 0.2) is 34.0 Å². The van der Waals surface area contributed by atoms with Crippen molar-refractivity contribution < 1.29 is 14.3 Å². The Balaban J connectivity index is 1.96. The van der Waals surface area contributed by atoms with Gasteiger partial charge in [-0.15, -0.1) is 11.3 Å². The molecule has 4 nitrogen and oxygen atoms in total. The summed E-state index contributed by atoms with van der Waals surface area (Å²) < 4.78 is 5.66. The lowest BCUT2D eigenvalue weighted by Gasteiger charge is -2.08. The number of benzene rings is 1. The Kier molecular flexibility index (Phi) is 6.62. The Morgan fingerprint density at radius 1 is 1.35 bits per heavy atom. The fourth-order valence-corrected chi connectivity index (χ4v) is 4.02. The van der Waals surface area contributed by atoms with Crippen molar-refractivity contribution in [1.29, 1.82) is 0 Å². The number of hydrogen-bond donors (Lipinski definition) is 0.